The third-order valence-electron chi connectivity index (χ3n) is 3.48. The van der Waals surface area contributed by atoms with Gasteiger partial charge in [-0.25, -0.2) is 0 Å². The Bertz CT molecular complexity index is 520. The fraction of sp³-hybridized carbons (Fsp3) is 0.462. The maximum atomic E-state index is 11.2. The summed E-state index contributed by atoms with van der Waals surface area (Å²) >= 11 is 0. The molecule has 1 N–H and O–H groups in total. The van der Waals surface area contributed by atoms with E-state index in [1.165, 1.54) is 6.07 Å². The minimum atomic E-state index is -0.517. The zero-order chi connectivity index (χ0) is 13.8. The molecule has 1 saturated carbocycles. The molecule has 0 amide bonds. The fourth-order valence-corrected chi connectivity index (χ4v) is 2.35. The Labute approximate surface area is 111 Å². The van der Waals surface area contributed by atoms with E-state index in [9.17, 15) is 10.1 Å². The summed E-state index contributed by atoms with van der Waals surface area (Å²) in [6, 6.07) is 6.81. The molecule has 6 nitrogen and oxygen atoms in total. The minimum absolute atomic E-state index is 0.0600. The zero-order valence-electron chi connectivity index (χ0n) is 10.5. The van der Waals surface area contributed by atoms with Gasteiger partial charge in [0.15, 0.2) is 0 Å². The van der Waals surface area contributed by atoms with Gasteiger partial charge in [0.25, 0.3) is 0 Å². The Kier molecular flexibility index (Phi) is 3.97. The van der Waals surface area contributed by atoms with Crippen LogP contribution in [0, 0.1) is 21.4 Å². The van der Waals surface area contributed by atoms with Crippen LogP contribution in [0.4, 0.5) is 11.4 Å². The summed E-state index contributed by atoms with van der Waals surface area (Å²) in [5.74, 6) is 0. The van der Waals surface area contributed by atoms with Gasteiger partial charge in [0.1, 0.15) is 17.3 Å². The number of nitro benzene ring substituents is 1. The van der Waals surface area contributed by atoms with E-state index < -0.39 is 4.92 Å². The van der Waals surface area contributed by atoms with Crippen LogP contribution in [-0.2, 0) is 0 Å². The Morgan fingerprint density at radius 1 is 1.53 bits per heavy atom. The molecule has 0 aliphatic heterocycles. The van der Waals surface area contributed by atoms with Gasteiger partial charge in [-0.2, -0.15) is 5.26 Å². The van der Waals surface area contributed by atoms with Crippen LogP contribution in [-0.4, -0.2) is 29.2 Å². The van der Waals surface area contributed by atoms with Gasteiger partial charge in [0.2, 0.25) is 0 Å². The van der Waals surface area contributed by atoms with E-state index >= 15 is 0 Å². The number of hydrogen-bond donors (Lipinski definition) is 1. The number of nitriles is 1. The number of anilines is 1. The first-order valence-electron chi connectivity index (χ1n) is 6.24. The molecule has 19 heavy (non-hydrogen) atoms. The lowest BCUT2D eigenvalue weighted by atomic mass is 9.90. The summed E-state index contributed by atoms with van der Waals surface area (Å²) in [6.07, 6.45) is 3.03. The van der Waals surface area contributed by atoms with Gasteiger partial charge in [-0.05, 0) is 31.4 Å². The average Bonchev–Trinajstić information content (AvgIpc) is 2.35. The number of rotatable bonds is 5. The largest absolute Gasteiger partial charge is 0.395 e. The normalized spacial score (nSPS) is 14.5. The van der Waals surface area contributed by atoms with Crippen molar-refractivity contribution in [3.8, 4) is 6.07 Å². The smallest absolute Gasteiger partial charge is 0.310 e. The number of nitro groups is 1. The van der Waals surface area contributed by atoms with Gasteiger partial charge in [0, 0.05) is 12.6 Å². The van der Waals surface area contributed by atoms with Crippen LogP contribution in [0.15, 0.2) is 18.2 Å². The molecule has 0 saturated heterocycles. The topological polar surface area (TPSA) is 90.4 Å². The minimum Gasteiger partial charge on any atom is -0.395 e. The molecule has 1 aromatic rings. The first kappa shape index (κ1) is 13.3. The Balaban J connectivity index is 2.46. The van der Waals surface area contributed by atoms with Crippen LogP contribution in [0.25, 0.3) is 0 Å². The molecule has 0 radical (unpaired) electrons. The fourth-order valence-electron chi connectivity index (χ4n) is 2.35. The first-order chi connectivity index (χ1) is 9.19. The summed E-state index contributed by atoms with van der Waals surface area (Å²) in [5.41, 5.74) is 0.331. The Hall–Kier alpha value is -2.13. The van der Waals surface area contributed by atoms with E-state index in [0.717, 1.165) is 19.3 Å². The van der Waals surface area contributed by atoms with Crippen molar-refractivity contribution in [3.05, 3.63) is 33.9 Å². The predicted molar refractivity (Wildman–Crippen MR) is 69.9 cm³/mol. The molecule has 0 atom stereocenters. The van der Waals surface area contributed by atoms with Gasteiger partial charge >= 0.3 is 5.69 Å². The number of aliphatic hydroxyl groups excluding tert-OH is 1. The molecule has 100 valence electrons. The molecule has 0 unspecified atom stereocenters. The molecule has 0 spiro atoms. The zero-order valence-corrected chi connectivity index (χ0v) is 10.5. The molecule has 0 heterocycles. The molecular weight excluding hydrogens is 246 g/mol. The van der Waals surface area contributed by atoms with Crippen LogP contribution in [0.5, 0.6) is 0 Å². The van der Waals surface area contributed by atoms with Crippen molar-refractivity contribution in [3.63, 3.8) is 0 Å². The van der Waals surface area contributed by atoms with E-state index in [4.69, 9.17) is 10.4 Å². The second kappa shape index (κ2) is 5.67. The quantitative estimate of drug-likeness (QED) is 0.645. The molecule has 1 aromatic carbocycles. The summed E-state index contributed by atoms with van der Waals surface area (Å²) in [4.78, 5) is 12.5. The van der Waals surface area contributed by atoms with Gasteiger partial charge < -0.3 is 10.0 Å². The highest BCUT2D eigenvalue weighted by Gasteiger charge is 2.30. The summed E-state index contributed by atoms with van der Waals surface area (Å²) in [5, 5.41) is 29.3. The lowest BCUT2D eigenvalue weighted by molar-refractivity contribution is -0.384. The maximum absolute atomic E-state index is 11.2. The molecule has 6 heteroatoms. The molecular formula is C13H15N3O3. The van der Waals surface area contributed by atoms with Crippen LogP contribution in [0.2, 0.25) is 0 Å². The monoisotopic (exact) mass is 261 g/mol. The summed E-state index contributed by atoms with van der Waals surface area (Å²) in [7, 11) is 0. The number of benzene rings is 1. The molecule has 0 bridgehead atoms. The maximum Gasteiger partial charge on any atom is 0.310 e. The summed E-state index contributed by atoms with van der Waals surface area (Å²) in [6.45, 7) is 0.283. The predicted octanol–water partition coefficient (Wildman–Crippen LogP) is 1.82. The van der Waals surface area contributed by atoms with Gasteiger partial charge in [-0.1, -0.05) is 6.07 Å². The van der Waals surface area contributed by atoms with Crippen molar-refractivity contribution in [1.29, 1.82) is 5.26 Å². The second-order valence-electron chi connectivity index (χ2n) is 4.54. The molecule has 1 fully saturated rings. The number of para-hydroxylation sites is 1. The standard InChI is InChI=1S/C13H15N3O3/c14-9-10-3-1-6-12(13(10)16(18)19)15(7-8-17)11-4-2-5-11/h1,3,6,11,17H,2,4-5,7-8H2. The molecule has 0 aromatic heterocycles. The van der Waals surface area contributed by atoms with Crippen molar-refractivity contribution in [2.45, 2.75) is 25.3 Å². The SMILES string of the molecule is N#Cc1cccc(N(CCO)C2CCC2)c1[N+](=O)[O-]. The van der Waals surface area contributed by atoms with Crippen LogP contribution < -0.4 is 4.90 Å². The van der Waals surface area contributed by atoms with Crippen molar-refractivity contribution in [2.24, 2.45) is 0 Å². The van der Waals surface area contributed by atoms with Gasteiger partial charge in [0.05, 0.1) is 11.5 Å². The number of aliphatic hydroxyl groups is 1. The number of hydrogen-bond acceptors (Lipinski definition) is 5. The van der Waals surface area contributed by atoms with Gasteiger partial charge in [-0.3, -0.25) is 10.1 Å². The number of nitrogens with zero attached hydrogens (tertiary/aromatic N) is 3. The van der Waals surface area contributed by atoms with Crippen molar-refractivity contribution < 1.29 is 10.0 Å². The molecule has 2 rings (SSSR count). The van der Waals surface area contributed by atoms with E-state index in [2.05, 4.69) is 0 Å². The first-order valence-corrected chi connectivity index (χ1v) is 6.24. The molecule has 1 aliphatic rings. The lowest BCUT2D eigenvalue weighted by Gasteiger charge is -2.38. The van der Waals surface area contributed by atoms with Crippen molar-refractivity contribution in [2.75, 3.05) is 18.1 Å². The second-order valence-corrected chi connectivity index (χ2v) is 4.54. The third kappa shape index (κ3) is 2.51. The Morgan fingerprint density at radius 2 is 2.26 bits per heavy atom. The third-order valence-corrected chi connectivity index (χ3v) is 3.48. The highest BCUT2D eigenvalue weighted by molar-refractivity contribution is 5.70. The van der Waals surface area contributed by atoms with Crippen LogP contribution >= 0.6 is 0 Å². The summed E-state index contributed by atoms with van der Waals surface area (Å²) < 4.78 is 0. The van der Waals surface area contributed by atoms with Gasteiger partial charge in [-0.15, -0.1) is 0 Å². The van der Waals surface area contributed by atoms with E-state index in [1.54, 1.807) is 12.1 Å². The van der Waals surface area contributed by atoms with Crippen molar-refractivity contribution >= 4 is 11.4 Å². The average molecular weight is 261 g/mol. The highest BCUT2D eigenvalue weighted by atomic mass is 16.6. The van der Waals surface area contributed by atoms with E-state index in [1.807, 2.05) is 11.0 Å². The highest BCUT2D eigenvalue weighted by Crippen LogP contribution is 2.36. The van der Waals surface area contributed by atoms with E-state index in [-0.39, 0.29) is 23.9 Å². The lowest BCUT2D eigenvalue weighted by Crippen LogP contribution is -2.42. The Morgan fingerprint density at radius 3 is 2.74 bits per heavy atom. The van der Waals surface area contributed by atoms with E-state index in [0.29, 0.717) is 12.2 Å². The molecule has 1 aliphatic carbocycles. The van der Waals surface area contributed by atoms with Crippen molar-refractivity contribution in [1.82, 2.24) is 0 Å². The van der Waals surface area contributed by atoms with Crippen LogP contribution in [0.1, 0.15) is 24.8 Å². The van der Waals surface area contributed by atoms with Crippen LogP contribution in [0.3, 0.4) is 0 Å².